The first-order valence-corrected chi connectivity index (χ1v) is 9.94. The maximum atomic E-state index is 12.4. The van der Waals surface area contributed by atoms with Gasteiger partial charge in [-0.1, -0.05) is 0 Å². The van der Waals surface area contributed by atoms with Crippen molar-refractivity contribution in [3.8, 4) is 0 Å². The molecule has 0 spiro atoms. The number of halogens is 1. The van der Waals surface area contributed by atoms with E-state index in [4.69, 9.17) is 11.6 Å². The fourth-order valence-corrected chi connectivity index (χ4v) is 4.35. The van der Waals surface area contributed by atoms with Crippen LogP contribution in [-0.4, -0.2) is 31.3 Å². The average Bonchev–Trinajstić information content (AvgIpc) is 3.22. The molecule has 0 bridgehead atoms. The quantitative estimate of drug-likeness (QED) is 0.628. The molecule has 0 aliphatic heterocycles. The summed E-state index contributed by atoms with van der Waals surface area (Å²) >= 11 is 7.21. The van der Waals surface area contributed by atoms with E-state index < -0.39 is 0 Å². The van der Waals surface area contributed by atoms with Gasteiger partial charge in [0.05, 0.1) is 0 Å². The number of hydrogen-bond donors (Lipinski definition) is 2. The van der Waals surface area contributed by atoms with Crippen LogP contribution in [0, 0.1) is 6.92 Å². The van der Waals surface area contributed by atoms with Crippen molar-refractivity contribution in [3.05, 3.63) is 61.8 Å². The van der Waals surface area contributed by atoms with Crippen LogP contribution in [-0.2, 0) is 0 Å². The molecule has 0 fully saturated rings. The van der Waals surface area contributed by atoms with Crippen molar-refractivity contribution < 1.29 is 9.59 Å². The Morgan fingerprint density at radius 3 is 2.75 bits per heavy atom. The summed E-state index contributed by atoms with van der Waals surface area (Å²) in [5.41, 5.74) is 2.06. The predicted molar refractivity (Wildman–Crippen MR) is 97.6 cm³/mol. The Bertz CT molecular complexity index is 872. The molecule has 0 saturated heterocycles. The van der Waals surface area contributed by atoms with Gasteiger partial charge in [-0.3, -0.25) is 0 Å². The van der Waals surface area contributed by atoms with Crippen molar-refractivity contribution in [1.29, 1.82) is 0 Å². The summed E-state index contributed by atoms with van der Waals surface area (Å²) in [6.07, 6.45) is 1.49. The third kappa shape index (κ3) is 3.76. The molecule has 122 valence electrons. The molecule has 0 radical (unpaired) electrons. The standard InChI is InChI=1S/C16H12ClN3O2SSe/c1-9-3-2-4-11(17)13(9)19-15(22)12-7-18-16(24-12)20-14(21)10-5-6-23-8-10/h2-8H,1H3,(H,19,22)(H,18,20,21). The molecular weight excluding hydrogens is 413 g/mol. The number of rotatable bonds is 4. The maximum absolute atomic E-state index is 12.4. The monoisotopic (exact) mass is 425 g/mol. The molecule has 0 unspecified atom stereocenters. The minimum absolute atomic E-state index is 0.214. The van der Waals surface area contributed by atoms with Gasteiger partial charge < -0.3 is 0 Å². The molecule has 2 aromatic heterocycles. The second kappa shape index (κ2) is 7.32. The van der Waals surface area contributed by atoms with E-state index in [1.807, 2.05) is 24.4 Å². The van der Waals surface area contributed by atoms with Gasteiger partial charge in [0.2, 0.25) is 0 Å². The Balaban J connectivity index is 1.71. The number of carbonyl (C=O) groups excluding carboxylic acids is 2. The fourth-order valence-electron chi connectivity index (χ4n) is 1.97. The first-order chi connectivity index (χ1) is 11.5. The number of para-hydroxylation sites is 1. The molecular formula is C16H12ClN3O2SSe. The van der Waals surface area contributed by atoms with Gasteiger partial charge in [0, 0.05) is 0 Å². The van der Waals surface area contributed by atoms with Gasteiger partial charge in [0.25, 0.3) is 0 Å². The third-order valence-corrected chi connectivity index (χ3v) is 6.10. The van der Waals surface area contributed by atoms with E-state index in [9.17, 15) is 9.59 Å². The van der Waals surface area contributed by atoms with Crippen molar-refractivity contribution in [3.63, 3.8) is 0 Å². The first kappa shape index (κ1) is 16.9. The molecule has 0 saturated carbocycles. The number of amides is 2. The van der Waals surface area contributed by atoms with E-state index in [0.29, 0.717) is 25.4 Å². The predicted octanol–water partition coefficient (Wildman–Crippen LogP) is 3.67. The number of nitrogens with one attached hydrogen (secondary N) is 2. The van der Waals surface area contributed by atoms with Crippen molar-refractivity contribution in [2.24, 2.45) is 0 Å². The summed E-state index contributed by atoms with van der Waals surface area (Å²) < 4.78 is 1.04. The Hall–Kier alpha value is -1.92. The number of thiophene rings is 1. The van der Waals surface area contributed by atoms with Gasteiger partial charge in [-0.2, -0.15) is 0 Å². The number of anilines is 2. The summed E-state index contributed by atoms with van der Waals surface area (Å²) in [5.74, 6) is -0.469. The number of aryl methyl sites for hydroxylation is 1. The van der Waals surface area contributed by atoms with Crippen LogP contribution in [0.3, 0.4) is 0 Å². The van der Waals surface area contributed by atoms with Crippen molar-refractivity contribution >= 4 is 59.6 Å². The summed E-state index contributed by atoms with van der Waals surface area (Å²) in [6, 6.07) is 7.16. The zero-order chi connectivity index (χ0) is 17.1. The summed E-state index contributed by atoms with van der Waals surface area (Å²) in [7, 11) is 0. The molecule has 3 rings (SSSR count). The van der Waals surface area contributed by atoms with Gasteiger partial charge in [-0.25, -0.2) is 0 Å². The molecule has 2 heterocycles. The van der Waals surface area contributed by atoms with Crippen LogP contribution in [0.4, 0.5) is 10.4 Å². The molecule has 3 aromatic rings. The molecule has 5 nitrogen and oxygen atoms in total. The van der Waals surface area contributed by atoms with Crippen LogP contribution in [0.1, 0.15) is 25.2 Å². The van der Waals surface area contributed by atoms with E-state index in [2.05, 4.69) is 15.6 Å². The van der Waals surface area contributed by atoms with Crippen LogP contribution in [0.5, 0.6) is 0 Å². The van der Waals surface area contributed by atoms with Gasteiger partial charge >= 0.3 is 154 Å². The van der Waals surface area contributed by atoms with E-state index >= 15 is 0 Å². The number of aromatic nitrogens is 1. The van der Waals surface area contributed by atoms with Crippen LogP contribution >= 0.6 is 22.9 Å². The summed E-state index contributed by atoms with van der Waals surface area (Å²) in [4.78, 5) is 28.5. The van der Waals surface area contributed by atoms with Crippen LogP contribution in [0.2, 0.25) is 5.02 Å². The molecule has 24 heavy (non-hydrogen) atoms. The van der Waals surface area contributed by atoms with Gasteiger partial charge in [-0.05, 0) is 0 Å². The Labute approximate surface area is 153 Å². The van der Waals surface area contributed by atoms with Crippen molar-refractivity contribution in [2.45, 2.75) is 6.92 Å². The molecule has 0 aliphatic rings. The van der Waals surface area contributed by atoms with E-state index in [-0.39, 0.29) is 26.3 Å². The zero-order valence-corrected chi connectivity index (χ0v) is 15.8. The Kier molecular flexibility index (Phi) is 5.16. The Morgan fingerprint density at radius 2 is 2.04 bits per heavy atom. The topological polar surface area (TPSA) is 71.1 Å². The van der Waals surface area contributed by atoms with Crippen LogP contribution < -0.4 is 10.6 Å². The second-order valence-corrected chi connectivity index (χ2v) is 8.23. The number of nitrogens with zero attached hydrogens (tertiary/aromatic N) is 1. The molecule has 0 aliphatic carbocycles. The normalized spacial score (nSPS) is 10.4. The van der Waals surface area contributed by atoms with Gasteiger partial charge in [-0.15, -0.1) is 0 Å². The van der Waals surface area contributed by atoms with Gasteiger partial charge in [0.1, 0.15) is 0 Å². The summed E-state index contributed by atoms with van der Waals surface area (Å²) in [6.45, 7) is 1.87. The SMILES string of the molecule is Cc1cccc(Cl)c1NC(=O)c1cnc(NC(=O)c2ccsc2)[se]1. The number of hydrogen-bond acceptors (Lipinski definition) is 4. The number of benzene rings is 1. The molecule has 2 N–H and O–H groups in total. The molecule has 0 atom stereocenters. The molecule has 2 amide bonds. The first-order valence-electron chi connectivity index (χ1n) is 6.90. The van der Waals surface area contributed by atoms with Gasteiger partial charge in [0.15, 0.2) is 0 Å². The third-order valence-electron chi connectivity index (χ3n) is 3.19. The van der Waals surface area contributed by atoms with Crippen molar-refractivity contribution in [1.82, 2.24) is 4.98 Å². The summed E-state index contributed by atoms with van der Waals surface area (Å²) in [5, 5.41) is 9.64. The van der Waals surface area contributed by atoms with E-state index in [1.165, 1.54) is 17.5 Å². The van der Waals surface area contributed by atoms with E-state index in [1.54, 1.807) is 17.5 Å². The second-order valence-electron chi connectivity index (χ2n) is 4.88. The van der Waals surface area contributed by atoms with Crippen LogP contribution in [0.15, 0.2) is 41.2 Å². The van der Waals surface area contributed by atoms with Crippen LogP contribution in [0.25, 0.3) is 0 Å². The van der Waals surface area contributed by atoms with E-state index in [0.717, 1.165) is 5.56 Å². The van der Waals surface area contributed by atoms with Crippen molar-refractivity contribution in [2.75, 3.05) is 10.6 Å². The molecule has 1 aromatic carbocycles. The molecule has 8 heteroatoms. The minimum atomic E-state index is -0.356. The number of carbonyl (C=O) groups is 2. The fraction of sp³-hybridized carbons (Fsp3) is 0.0625. The average molecular weight is 425 g/mol. The zero-order valence-electron chi connectivity index (χ0n) is 12.5. The Morgan fingerprint density at radius 1 is 1.21 bits per heavy atom.